The third kappa shape index (κ3) is 27.7. The SMILES string of the molecule is C1=CC2=C(C1)CC=C2.C1=CC2=C(C=CC2)C1.C1=CCC=C1.C1=Cc2ccccc2C1.C1CCC2CCCCC2C1.C1CCCC1.C1CCCCC1.c1ccc2c(c1)CCC2.c1ccc2c(c1)CCCC2.c1ccc2c(c1)Cc1ccccc1-2.c1ccc2c(c1)Cc1ccccc1C2.c1ccc2ccccc2c1.c1ccccc1. The molecule has 0 saturated heterocycles. The maximum Gasteiger partial charge on any atom is -0.00135 e. The predicted octanol–water partition coefficient (Wildman–Crippen LogP) is 31.5. The highest BCUT2D eigenvalue weighted by atomic mass is 14.3. The van der Waals surface area contributed by atoms with Gasteiger partial charge in [-0.1, -0.05) is 467 Å². The summed E-state index contributed by atoms with van der Waals surface area (Å²) in [7, 11) is 0. The van der Waals surface area contributed by atoms with Gasteiger partial charge in [0.25, 0.3) is 0 Å². The number of aryl methyl sites for hydroxylation is 4. The number of hydrogen-bond acceptors (Lipinski definition) is 0. The molecule has 0 nitrogen and oxygen atoms in total. The highest BCUT2D eigenvalue weighted by molar-refractivity contribution is 5.82. The minimum atomic E-state index is 1.10. The van der Waals surface area contributed by atoms with E-state index in [9.17, 15) is 0 Å². The maximum absolute atomic E-state index is 2.26. The van der Waals surface area contributed by atoms with Gasteiger partial charge in [-0.2, -0.15) is 0 Å². The monoisotopic (exact) mass is 1490 g/mol. The lowest BCUT2D eigenvalue weighted by atomic mass is 9.71. The Morgan fingerprint density at radius 3 is 0.858 bits per heavy atom. The molecule has 10 aromatic rings. The molecule has 24 rings (SSSR count). The van der Waals surface area contributed by atoms with Gasteiger partial charge in [0.1, 0.15) is 0 Å². The third-order valence-corrected chi connectivity index (χ3v) is 24.3. The normalized spacial score (nSPS) is 18.1. The molecule has 0 atom stereocenters. The summed E-state index contributed by atoms with van der Waals surface area (Å²) >= 11 is 0. The second kappa shape index (κ2) is 48.2. The Labute approximate surface area is 682 Å². The van der Waals surface area contributed by atoms with E-state index in [0.29, 0.717) is 0 Å². The molecule has 0 amide bonds. The fraction of sp³-hybridized carbons (Fsp3) is 0.327. The Kier molecular flexibility index (Phi) is 35.3. The van der Waals surface area contributed by atoms with Crippen molar-refractivity contribution in [3.8, 4) is 11.1 Å². The van der Waals surface area contributed by atoms with Crippen molar-refractivity contribution in [1.29, 1.82) is 0 Å². The summed E-state index contributed by atoms with van der Waals surface area (Å²) in [5, 5.41) is 2.62. The molecule has 4 fully saturated rings. The zero-order valence-electron chi connectivity index (χ0n) is 68.2. The second-order valence-corrected chi connectivity index (χ2v) is 32.4. The summed E-state index contributed by atoms with van der Waals surface area (Å²) in [6, 6.07) is 89.5. The molecule has 0 radical (unpaired) electrons. The lowest BCUT2D eigenvalue weighted by molar-refractivity contribution is 0.171. The lowest BCUT2D eigenvalue weighted by Crippen LogP contribution is -2.22. The van der Waals surface area contributed by atoms with Crippen molar-refractivity contribution in [1.82, 2.24) is 0 Å². The van der Waals surface area contributed by atoms with Gasteiger partial charge in [0, 0.05) is 0 Å². The highest BCUT2D eigenvalue weighted by Crippen LogP contribution is 2.41. The number of allylic oxidation sites excluding steroid dienone is 17. The van der Waals surface area contributed by atoms with Crippen LogP contribution in [0.2, 0.25) is 0 Å². The first-order valence-electron chi connectivity index (χ1n) is 44.2. The van der Waals surface area contributed by atoms with Crippen molar-refractivity contribution in [3.63, 3.8) is 0 Å². The average molecular weight is 1490 g/mol. The molecule has 0 heterocycles. The molecule has 0 spiro atoms. The molecule has 0 heteroatoms. The van der Waals surface area contributed by atoms with Crippen LogP contribution >= 0.6 is 0 Å². The fourth-order valence-electron chi connectivity index (χ4n) is 17.9. The molecule has 0 aromatic heterocycles. The first-order chi connectivity index (χ1) is 56.1. The molecule has 14 aliphatic rings. The van der Waals surface area contributed by atoms with Crippen LogP contribution in [0.25, 0.3) is 28.0 Å². The van der Waals surface area contributed by atoms with E-state index in [0.717, 1.165) is 43.9 Å². The van der Waals surface area contributed by atoms with Crippen molar-refractivity contribution in [3.05, 3.63) is 423 Å². The predicted molar refractivity (Wildman–Crippen MR) is 491 cm³/mol. The van der Waals surface area contributed by atoms with Crippen LogP contribution in [0, 0.1) is 11.8 Å². The number of benzene rings is 10. The Balaban J connectivity index is 0.000000115. The summed E-state index contributed by atoms with van der Waals surface area (Å²) in [6.45, 7) is 0. The zero-order chi connectivity index (χ0) is 77.0. The van der Waals surface area contributed by atoms with Crippen molar-refractivity contribution < 1.29 is 0 Å². The van der Waals surface area contributed by atoms with E-state index in [4.69, 9.17) is 0 Å². The molecule has 0 bridgehead atoms. The molecular formula is C113H128. The summed E-state index contributed by atoms with van der Waals surface area (Å²) in [5.41, 5.74) is 27.0. The fourth-order valence-corrected chi connectivity index (χ4v) is 17.9. The Hall–Kier alpha value is -9.88. The van der Waals surface area contributed by atoms with Gasteiger partial charge in [0.15, 0.2) is 0 Å². The minimum Gasteiger partial charge on any atom is -0.0808 e. The van der Waals surface area contributed by atoms with Crippen molar-refractivity contribution >= 4 is 16.8 Å². The van der Waals surface area contributed by atoms with E-state index < -0.39 is 0 Å². The smallest absolute Gasteiger partial charge is 0.00135 e. The third-order valence-electron chi connectivity index (χ3n) is 24.3. The zero-order valence-corrected chi connectivity index (χ0v) is 68.2. The number of rotatable bonds is 0. The van der Waals surface area contributed by atoms with E-state index in [2.05, 4.69) is 303 Å². The van der Waals surface area contributed by atoms with Crippen LogP contribution in [0.15, 0.2) is 356 Å². The van der Waals surface area contributed by atoms with Crippen molar-refractivity contribution in [2.45, 2.75) is 225 Å². The van der Waals surface area contributed by atoms with Crippen LogP contribution in [-0.2, 0) is 51.4 Å². The van der Waals surface area contributed by atoms with Crippen LogP contribution in [0.5, 0.6) is 0 Å². The highest BCUT2D eigenvalue weighted by Gasteiger charge is 2.27. The summed E-state index contributed by atoms with van der Waals surface area (Å²) in [5.74, 6) is 2.31. The van der Waals surface area contributed by atoms with E-state index in [1.54, 1.807) is 53.5 Å². The van der Waals surface area contributed by atoms with E-state index >= 15 is 0 Å². The van der Waals surface area contributed by atoms with E-state index in [1.807, 2.05) is 36.4 Å². The molecule has 14 aliphatic carbocycles. The first kappa shape index (κ1) is 82.6. The molecule has 0 N–H and O–H groups in total. The van der Waals surface area contributed by atoms with Crippen molar-refractivity contribution in [2.75, 3.05) is 0 Å². The van der Waals surface area contributed by atoms with E-state index in [1.165, 1.54) is 250 Å². The van der Waals surface area contributed by atoms with Crippen LogP contribution in [0.1, 0.15) is 240 Å². The van der Waals surface area contributed by atoms with E-state index in [-0.39, 0.29) is 0 Å². The quantitative estimate of drug-likeness (QED) is 0.142. The molecule has 10 aromatic carbocycles. The summed E-state index contributed by atoms with van der Waals surface area (Å²) < 4.78 is 0. The topological polar surface area (TPSA) is 0 Å². The Morgan fingerprint density at radius 1 is 0.204 bits per heavy atom. The van der Waals surface area contributed by atoms with Gasteiger partial charge < -0.3 is 0 Å². The second-order valence-electron chi connectivity index (χ2n) is 32.4. The Morgan fingerprint density at radius 2 is 0.504 bits per heavy atom. The number of fused-ring (bicyclic) bond motifs is 10. The van der Waals surface area contributed by atoms with Gasteiger partial charge in [0.05, 0.1) is 0 Å². The lowest BCUT2D eigenvalue weighted by Gasteiger charge is -2.35. The summed E-state index contributed by atoms with van der Waals surface area (Å²) in [4.78, 5) is 0. The standard InChI is InChI=1S/C14H12.C13H10.C10H18.C10H12.C10H8.C9H10.C9H8.2C8H8.C6H12.C6H6.C5H10.C5H6/c1-2-6-12-10-14-8-4-3-7-13(14)9-11(12)5-1;1-3-7-12-10(5-1)9-11-6-2-4-8-13(11)12;3*1-2-6-10-8-4-3-7-9(10)5-1;2*1-2-5-9-7-3-6-8(9)4-1;2*1-3-7-5-2-6-8(7)4-1;2*1-2-4-6-5-3-1;2*1-2-4-5-3-1/h1-8H,9-10H2;1-8H,9H2;9-10H,1-8H2;1-2,5-6H,3-4,7-8H2;1-8H;1-2,4-5H,3,6-7H2;1-6H,7H2;1-3,6H,4-5H2;1-3,5H,4,6H2;1-6H2;1-6H;1-5H2;1-4H,5H2. The van der Waals surface area contributed by atoms with Gasteiger partial charge in [0.2, 0.25) is 0 Å². The van der Waals surface area contributed by atoms with Gasteiger partial charge in [-0.3, -0.25) is 0 Å². The molecule has 0 aliphatic heterocycles. The van der Waals surface area contributed by atoms with Gasteiger partial charge in [-0.25, -0.2) is 0 Å². The van der Waals surface area contributed by atoms with Crippen LogP contribution in [0.3, 0.4) is 0 Å². The summed E-state index contributed by atoms with van der Waals surface area (Å²) in [6.07, 6.45) is 79.0. The molecule has 580 valence electrons. The largest absolute Gasteiger partial charge is 0.0808 e. The van der Waals surface area contributed by atoms with Gasteiger partial charge >= 0.3 is 0 Å². The van der Waals surface area contributed by atoms with Crippen LogP contribution in [-0.4, -0.2) is 0 Å². The Bertz CT molecular complexity index is 4370. The molecule has 4 saturated carbocycles. The molecule has 0 unspecified atom stereocenters. The van der Waals surface area contributed by atoms with Crippen molar-refractivity contribution in [2.24, 2.45) is 11.8 Å². The first-order valence-corrected chi connectivity index (χ1v) is 44.2. The average Bonchev–Trinajstić information content (AvgIpc) is 1.05. The van der Waals surface area contributed by atoms with Gasteiger partial charge in [-0.15, -0.1) is 0 Å². The van der Waals surface area contributed by atoms with Crippen LogP contribution in [0.4, 0.5) is 0 Å². The van der Waals surface area contributed by atoms with Crippen LogP contribution < -0.4 is 0 Å². The number of hydrogen-bond donors (Lipinski definition) is 0. The molecule has 113 heavy (non-hydrogen) atoms. The minimum absolute atomic E-state index is 1.10. The molecular weight excluding hydrogens is 1360 g/mol. The van der Waals surface area contributed by atoms with Gasteiger partial charge in [-0.05, 0) is 220 Å². The maximum atomic E-state index is 2.26.